The van der Waals surface area contributed by atoms with Gasteiger partial charge in [-0.15, -0.1) is 0 Å². The summed E-state index contributed by atoms with van der Waals surface area (Å²) in [6.07, 6.45) is -9.32. The second-order valence-corrected chi connectivity index (χ2v) is 9.01. The fourth-order valence-corrected chi connectivity index (χ4v) is 4.60. The lowest BCUT2D eigenvalue weighted by Gasteiger charge is -2.39. The van der Waals surface area contributed by atoms with Crippen LogP contribution in [-0.4, -0.2) is 89.8 Å². The molecule has 2 aromatic carbocycles. The van der Waals surface area contributed by atoms with E-state index in [-0.39, 0.29) is 34.3 Å². The van der Waals surface area contributed by atoms with Crippen LogP contribution in [0.4, 0.5) is 0 Å². The van der Waals surface area contributed by atoms with Crippen LogP contribution in [-0.2, 0) is 4.74 Å². The summed E-state index contributed by atoms with van der Waals surface area (Å²) < 4.78 is 39.8. The maximum absolute atomic E-state index is 11.9. The van der Waals surface area contributed by atoms with Crippen molar-refractivity contribution in [3.8, 4) is 28.7 Å². The van der Waals surface area contributed by atoms with E-state index in [0.29, 0.717) is 10.9 Å². The molecule has 39 heavy (non-hydrogen) atoms. The molecule has 0 radical (unpaired) electrons. The largest absolute Gasteiger partial charge is 0.493 e. The van der Waals surface area contributed by atoms with Crippen molar-refractivity contribution < 1.29 is 58.4 Å². The van der Waals surface area contributed by atoms with Gasteiger partial charge in [0.25, 0.3) is 0 Å². The minimum atomic E-state index is -1.66. The van der Waals surface area contributed by atoms with Gasteiger partial charge in [0.15, 0.2) is 35.0 Å². The number of hydrogen-bond donors (Lipinski definition) is 5. The molecule has 0 saturated carbocycles. The molecule has 3 heterocycles. The van der Waals surface area contributed by atoms with Crippen LogP contribution in [0.25, 0.3) is 11.0 Å². The first-order valence-corrected chi connectivity index (χ1v) is 12.0. The minimum Gasteiger partial charge on any atom is -0.493 e. The Balaban J connectivity index is 1.52. The summed E-state index contributed by atoms with van der Waals surface area (Å²) in [7, 11) is 2.72. The topological polar surface area (TPSA) is 187 Å². The number of ether oxygens (including phenoxy) is 6. The molecule has 13 heteroatoms. The molecule has 1 fully saturated rings. The normalized spacial score (nSPS) is 28.2. The van der Waals surface area contributed by atoms with E-state index in [9.17, 15) is 30.3 Å². The van der Waals surface area contributed by atoms with Crippen molar-refractivity contribution in [2.45, 2.75) is 42.9 Å². The van der Waals surface area contributed by atoms with E-state index in [1.54, 1.807) is 18.2 Å². The zero-order valence-corrected chi connectivity index (χ0v) is 20.9. The predicted molar refractivity (Wildman–Crippen MR) is 131 cm³/mol. The van der Waals surface area contributed by atoms with Crippen LogP contribution < -0.4 is 29.3 Å². The Morgan fingerprint density at radius 1 is 0.846 bits per heavy atom. The Bertz CT molecular complexity index is 1360. The highest BCUT2D eigenvalue weighted by Crippen LogP contribution is 2.47. The van der Waals surface area contributed by atoms with Crippen LogP contribution in [0.15, 0.2) is 45.6 Å². The summed E-state index contributed by atoms with van der Waals surface area (Å²) in [4.78, 5) is 11.9. The van der Waals surface area contributed by atoms with Gasteiger partial charge < -0.3 is 58.4 Å². The van der Waals surface area contributed by atoms with Crippen molar-refractivity contribution in [2.75, 3.05) is 27.4 Å². The molecule has 1 saturated heterocycles. The summed E-state index contributed by atoms with van der Waals surface area (Å²) in [6.45, 7) is -1.05. The summed E-state index contributed by atoms with van der Waals surface area (Å²) in [5.41, 5.74) is 0.0473. The molecule has 1 aromatic heterocycles. The average Bonchev–Trinajstić information content (AvgIpc) is 2.96. The van der Waals surface area contributed by atoms with E-state index >= 15 is 0 Å². The van der Waals surface area contributed by atoms with Gasteiger partial charge in [0, 0.05) is 17.0 Å². The van der Waals surface area contributed by atoms with Gasteiger partial charge in [0.05, 0.1) is 27.4 Å². The second-order valence-electron chi connectivity index (χ2n) is 9.01. The van der Waals surface area contributed by atoms with Gasteiger partial charge in [-0.05, 0) is 30.3 Å². The number of aliphatic hydroxyl groups excluding tert-OH is 5. The average molecular weight is 548 g/mol. The molecule has 0 unspecified atom stereocenters. The van der Waals surface area contributed by atoms with Crippen LogP contribution in [0.3, 0.4) is 0 Å². The van der Waals surface area contributed by atoms with E-state index in [2.05, 4.69) is 0 Å². The maximum Gasteiger partial charge on any atom is 0.336 e. The maximum atomic E-state index is 11.9. The highest BCUT2D eigenvalue weighted by molar-refractivity contribution is 5.85. The van der Waals surface area contributed by atoms with Crippen molar-refractivity contribution >= 4 is 11.0 Å². The Morgan fingerprint density at radius 3 is 2.15 bits per heavy atom. The Morgan fingerprint density at radius 2 is 1.51 bits per heavy atom. The number of rotatable bonds is 7. The molecule has 5 N–H and O–H groups in total. The quantitative estimate of drug-likeness (QED) is 0.246. The first kappa shape index (κ1) is 27.0. The molecule has 7 atom stereocenters. The fourth-order valence-electron chi connectivity index (χ4n) is 4.60. The molecule has 13 nitrogen and oxygen atoms in total. The third kappa shape index (κ3) is 4.84. The van der Waals surface area contributed by atoms with E-state index in [1.165, 1.54) is 32.4 Å². The molecule has 5 rings (SSSR count). The molecular formula is C26H28O13. The third-order valence-corrected chi connectivity index (χ3v) is 6.64. The molecule has 3 aromatic rings. The fraction of sp³-hybridized carbons (Fsp3) is 0.423. The van der Waals surface area contributed by atoms with Crippen molar-refractivity contribution in [2.24, 2.45) is 0 Å². The van der Waals surface area contributed by atoms with Gasteiger partial charge in [-0.3, -0.25) is 0 Å². The van der Waals surface area contributed by atoms with Crippen LogP contribution in [0.5, 0.6) is 28.7 Å². The lowest BCUT2D eigenvalue weighted by molar-refractivity contribution is -0.277. The zero-order chi connectivity index (χ0) is 27.8. The van der Waals surface area contributed by atoms with Crippen molar-refractivity contribution in [1.29, 1.82) is 0 Å². The summed E-state index contributed by atoms with van der Waals surface area (Å²) in [6, 6.07) is 9.29. The van der Waals surface area contributed by atoms with Gasteiger partial charge in [0.1, 0.15) is 24.4 Å². The van der Waals surface area contributed by atoms with Gasteiger partial charge in [0.2, 0.25) is 17.8 Å². The monoisotopic (exact) mass is 548 g/mol. The van der Waals surface area contributed by atoms with E-state index < -0.39 is 61.8 Å². The summed E-state index contributed by atoms with van der Waals surface area (Å²) >= 11 is 0. The van der Waals surface area contributed by atoms with Gasteiger partial charge >= 0.3 is 5.63 Å². The summed E-state index contributed by atoms with van der Waals surface area (Å²) in [5, 5.41) is 50.8. The number of fused-ring (bicyclic) bond motifs is 3. The molecule has 2 aliphatic rings. The lowest BCUT2D eigenvalue weighted by atomic mass is 9.99. The lowest BCUT2D eigenvalue weighted by Crippen LogP contribution is -2.60. The smallest absolute Gasteiger partial charge is 0.336 e. The summed E-state index contributed by atoms with van der Waals surface area (Å²) in [5.74, 6) is 0.670. The Hall–Kier alpha value is -3.59. The van der Waals surface area contributed by atoms with E-state index in [4.69, 9.17) is 32.8 Å². The first-order valence-electron chi connectivity index (χ1n) is 12.0. The molecule has 0 amide bonds. The Labute approximate surface area is 221 Å². The van der Waals surface area contributed by atoms with Crippen LogP contribution in [0.2, 0.25) is 0 Å². The van der Waals surface area contributed by atoms with Gasteiger partial charge in [-0.25, -0.2) is 4.79 Å². The molecule has 0 spiro atoms. The highest BCUT2D eigenvalue weighted by atomic mass is 16.7. The van der Waals surface area contributed by atoms with Gasteiger partial charge in [-0.1, -0.05) is 0 Å². The highest BCUT2D eigenvalue weighted by Gasteiger charge is 2.45. The van der Waals surface area contributed by atoms with Crippen molar-refractivity contribution in [3.63, 3.8) is 0 Å². The van der Waals surface area contributed by atoms with E-state index in [1.807, 2.05) is 0 Å². The van der Waals surface area contributed by atoms with Crippen molar-refractivity contribution in [1.82, 2.24) is 0 Å². The predicted octanol–water partition coefficient (Wildman–Crippen LogP) is -0.138. The second kappa shape index (κ2) is 10.9. The Kier molecular flexibility index (Phi) is 7.53. The third-order valence-electron chi connectivity index (χ3n) is 6.64. The number of aliphatic hydroxyl groups is 5. The van der Waals surface area contributed by atoms with Crippen LogP contribution in [0.1, 0.15) is 11.7 Å². The molecular weight excluding hydrogens is 520 g/mol. The standard InChI is InChI=1S/C26H28O13/c1-33-14-7-12(8-15(34-2)24(14)39-26-21(32)20(31)19(30)16(9-27)36-26)22-17(10-28)35-13-5-3-11-4-6-18(29)37-23(11)25(13)38-22/h3-8,16-17,19-22,26-28,30-32H,9-10H2,1-2H3/t16-,17+,19-,20+,21-,22+,26-/m1/s1. The molecule has 0 aliphatic carbocycles. The molecule has 210 valence electrons. The number of methoxy groups -OCH3 is 2. The molecule has 0 bridgehead atoms. The van der Waals surface area contributed by atoms with Crippen LogP contribution >= 0.6 is 0 Å². The van der Waals surface area contributed by atoms with E-state index in [0.717, 1.165) is 0 Å². The number of hydrogen-bond acceptors (Lipinski definition) is 13. The van der Waals surface area contributed by atoms with Crippen LogP contribution in [0, 0.1) is 0 Å². The van der Waals surface area contributed by atoms with Crippen molar-refractivity contribution in [3.05, 3.63) is 52.4 Å². The SMILES string of the molecule is COc1cc([C@@H]2Oc3c(ccc4ccc(=O)oc34)O[C@H]2CO)cc(OC)c1O[C@H]1O[C@H](CO)[C@@H](O)[C@H](O)[C@H]1O. The van der Waals surface area contributed by atoms with Gasteiger partial charge in [-0.2, -0.15) is 0 Å². The minimum absolute atomic E-state index is 0.0118. The molecule has 2 aliphatic heterocycles. The zero-order valence-electron chi connectivity index (χ0n) is 20.9. The number of benzene rings is 2. The first-order chi connectivity index (χ1) is 18.8.